The van der Waals surface area contributed by atoms with Crippen LogP contribution in [-0.4, -0.2) is 38.9 Å². The number of aryl methyl sites for hydroxylation is 1. The van der Waals surface area contributed by atoms with E-state index < -0.39 is 0 Å². The highest BCUT2D eigenvalue weighted by Gasteiger charge is 2.12. The molecule has 9 nitrogen and oxygen atoms in total. The lowest BCUT2D eigenvalue weighted by atomic mass is 10.2. The zero-order valence-corrected chi connectivity index (χ0v) is 18.8. The molecule has 0 spiro atoms. The SMILES string of the molecule is CCc1cc(=O)[nH]c(-c2cccc(NC(=O)CSc3nnc(-c4ccc(OC)cc4)o3)c2)n1. The number of H-pyrrole nitrogens is 1. The lowest BCUT2D eigenvalue weighted by Gasteiger charge is -2.07. The number of rotatable bonds is 8. The molecule has 0 atom stereocenters. The summed E-state index contributed by atoms with van der Waals surface area (Å²) >= 11 is 1.14. The van der Waals surface area contributed by atoms with E-state index in [0.29, 0.717) is 40.3 Å². The molecule has 0 aliphatic rings. The zero-order chi connectivity index (χ0) is 23.2. The smallest absolute Gasteiger partial charge is 0.277 e. The van der Waals surface area contributed by atoms with Crippen molar-refractivity contribution in [1.82, 2.24) is 20.2 Å². The van der Waals surface area contributed by atoms with Gasteiger partial charge in [0.25, 0.3) is 10.8 Å². The Morgan fingerprint density at radius 1 is 1.12 bits per heavy atom. The number of nitrogens with one attached hydrogen (secondary N) is 2. The average molecular weight is 464 g/mol. The number of benzene rings is 2. The van der Waals surface area contributed by atoms with Crippen LogP contribution in [0.5, 0.6) is 5.75 Å². The van der Waals surface area contributed by atoms with Crippen LogP contribution in [0.2, 0.25) is 0 Å². The largest absolute Gasteiger partial charge is 0.497 e. The third-order valence-electron chi connectivity index (χ3n) is 4.65. The molecule has 2 N–H and O–H groups in total. The van der Waals surface area contributed by atoms with Crippen molar-refractivity contribution in [3.05, 3.63) is 70.6 Å². The first-order chi connectivity index (χ1) is 16.0. The molecule has 0 aliphatic heterocycles. The maximum Gasteiger partial charge on any atom is 0.277 e. The Balaban J connectivity index is 1.38. The van der Waals surface area contributed by atoms with E-state index in [4.69, 9.17) is 9.15 Å². The lowest BCUT2D eigenvalue weighted by Crippen LogP contribution is -2.14. The maximum absolute atomic E-state index is 12.4. The van der Waals surface area contributed by atoms with Crippen molar-refractivity contribution in [3.63, 3.8) is 0 Å². The summed E-state index contributed by atoms with van der Waals surface area (Å²) in [6.07, 6.45) is 0.653. The fraction of sp³-hybridized carbons (Fsp3) is 0.174. The highest BCUT2D eigenvalue weighted by atomic mass is 32.2. The molecule has 33 heavy (non-hydrogen) atoms. The minimum atomic E-state index is -0.231. The van der Waals surface area contributed by atoms with Gasteiger partial charge in [0.2, 0.25) is 11.8 Å². The van der Waals surface area contributed by atoms with E-state index in [-0.39, 0.29) is 17.2 Å². The quantitative estimate of drug-likeness (QED) is 0.378. The fourth-order valence-electron chi connectivity index (χ4n) is 3.01. The molecule has 2 heterocycles. The van der Waals surface area contributed by atoms with Crippen molar-refractivity contribution in [2.75, 3.05) is 18.2 Å². The summed E-state index contributed by atoms with van der Waals surface area (Å²) in [7, 11) is 1.60. The van der Waals surface area contributed by atoms with Gasteiger partial charge in [-0.3, -0.25) is 9.59 Å². The van der Waals surface area contributed by atoms with Crippen LogP contribution < -0.4 is 15.6 Å². The standard InChI is InChI=1S/C23H21N5O4S/c1-3-16-12-19(29)26-21(25-16)15-5-4-6-17(11-15)24-20(30)13-33-23-28-27-22(32-23)14-7-9-18(31-2)10-8-14/h4-12H,3,13H2,1-2H3,(H,24,30)(H,25,26,29). The number of ether oxygens (including phenoxy) is 1. The summed E-state index contributed by atoms with van der Waals surface area (Å²) in [5, 5.41) is 11.1. The Hall–Kier alpha value is -3.92. The second kappa shape index (κ2) is 10.1. The molecule has 168 valence electrons. The molecule has 0 unspecified atom stereocenters. The maximum atomic E-state index is 12.4. The van der Waals surface area contributed by atoms with Crippen molar-refractivity contribution in [2.45, 2.75) is 18.6 Å². The molecular weight excluding hydrogens is 442 g/mol. The van der Waals surface area contributed by atoms with Crippen LogP contribution in [0, 0.1) is 0 Å². The Kier molecular flexibility index (Phi) is 6.84. The van der Waals surface area contributed by atoms with E-state index in [1.165, 1.54) is 6.07 Å². The van der Waals surface area contributed by atoms with Crippen LogP contribution in [-0.2, 0) is 11.2 Å². The van der Waals surface area contributed by atoms with Crippen molar-refractivity contribution in [2.24, 2.45) is 0 Å². The number of hydrogen-bond acceptors (Lipinski definition) is 8. The van der Waals surface area contributed by atoms with Gasteiger partial charge < -0.3 is 19.5 Å². The Labute approximate surface area is 193 Å². The molecule has 1 amide bonds. The van der Waals surface area contributed by atoms with Gasteiger partial charge in [0.1, 0.15) is 11.6 Å². The van der Waals surface area contributed by atoms with Gasteiger partial charge in [-0.15, -0.1) is 10.2 Å². The number of amides is 1. The number of aromatic amines is 1. The monoisotopic (exact) mass is 463 g/mol. The number of hydrogen-bond donors (Lipinski definition) is 2. The van der Waals surface area contributed by atoms with E-state index in [1.54, 1.807) is 37.4 Å². The van der Waals surface area contributed by atoms with Crippen molar-refractivity contribution in [1.29, 1.82) is 0 Å². The topological polar surface area (TPSA) is 123 Å². The number of methoxy groups -OCH3 is 1. The molecule has 0 aliphatic carbocycles. The average Bonchev–Trinajstić information content (AvgIpc) is 3.32. The Morgan fingerprint density at radius 3 is 2.70 bits per heavy atom. The van der Waals surface area contributed by atoms with E-state index in [0.717, 1.165) is 23.1 Å². The van der Waals surface area contributed by atoms with E-state index in [2.05, 4.69) is 25.5 Å². The normalized spacial score (nSPS) is 10.7. The molecule has 0 saturated carbocycles. The van der Waals surface area contributed by atoms with Gasteiger partial charge >= 0.3 is 0 Å². The van der Waals surface area contributed by atoms with Crippen LogP contribution in [0.3, 0.4) is 0 Å². The van der Waals surface area contributed by atoms with Gasteiger partial charge in [-0.25, -0.2) is 4.98 Å². The summed E-state index contributed by atoms with van der Waals surface area (Å²) in [4.78, 5) is 31.5. The Bertz CT molecular complexity index is 1320. The first kappa shape index (κ1) is 22.3. The predicted octanol–water partition coefficient (Wildman–Crippen LogP) is 3.79. The molecule has 4 rings (SSSR count). The van der Waals surface area contributed by atoms with Crippen LogP contribution >= 0.6 is 11.8 Å². The third kappa shape index (κ3) is 5.66. The summed E-state index contributed by atoms with van der Waals surface area (Å²) in [5.74, 6) is 1.42. The summed E-state index contributed by atoms with van der Waals surface area (Å²) in [5.41, 5.74) is 2.54. The minimum absolute atomic E-state index is 0.0921. The number of carbonyl (C=O) groups excluding carboxylic acids is 1. The van der Waals surface area contributed by atoms with Gasteiger partial charge in [0.05, 0.1) is 12.9 Å². The second-order valence-electron chi connectivity index (χ2n) is 6.96. The van der Waals surface area contributed by atoms with Gasteiger partial charge in [-0.2, -0.15) is 0 Å². The highest BCUT2D eigenvalue weighted by molar-refractivity contribution is 7.99. The summed E-state index contributed by atoms with van der Waals surface area (Å²) < 4.78 is 10.8. The zero-order valence-electron chi connectivity index (χ0n) is 18.0. The van der Waals surface area contributed by atoms with Gasteiger partial charge in [0.15, 0.2) is 0 Å². The molecular formula is C23H21N5O4S. The van der Waals surface area contributed by atoms with Crippen molar-refractivity contribution >= 4 is 23.4 Å². The van der Waals surface area contributed by atoms with Gasteiger partial charge in [-0.05, 0) is 42.8 Å². The Morgan fingerprint density at radius 2 is 1.94 bits per heavy atom. The summed E-state index contributed by atoms with van der Waals surface area (Å²) in [6, 6.07) is 15.9. The van der Waals surface area contributed by atoms with E-state index in [9.17, 15) is 9.59 Å². The van der Waals surface area contributed by atoms with Crippen molar-refractivity contribution < 1.29 is 13.9 Å². The third-order valence-corrected chi connectivity index (χ3v) is 5.47. The van der Waals surface area contributed by atoms with E-state index in [1.807, 2.05) is 25.1 Å². The molecule has 0 saturated heterocycles. The molecule has 10 heteroatoms. The number of thioether (sulfide) groups is 1. The highest BCUT2D eigenvalue weighted by Crippen LogP contribution is 2.25. The van der Waals surface area contributed by atoms with E-state index >= 15 is 0 Å². The fourth-order valence-corrected chi connectivity index (χ4v) is 3.58. The molecule has 0 bridgehead atoms. The molecule has 0 radical (unpaired) electrons. The van der Waals surface area contributed by atoms with Gasteiger partial charge in [0, 0.05) is 28.6 Å². The summed E-state index contributed by atoms with van der Waals surface area (Å²) in [6.45, 7) is 1.93. The number of anilines is 1. The number of aromatic nitrogens is 4. The molecule has 2 aromatic carbocycles. The first-order valence-electron chi connectivity index (χ1n) is 10.2. The second-order valence-corrected chi connectivity index (χ2v) is 7.88. The van der Waals surface area contributed by atoms with Crippen LogP contribution in [0.4, 0.5) is 5.69 Å². The van der Waals surface area contributed by atoms with Crippen LogP contribution in [0.1, 0.15) is 12.6 Å². The molecule has 2 aromatic heterocycles. The van der Waals surface area contributed by atoms with Crippen LogP contribution in [0.15, 0.2) is 69.0 Å². The minimum Gasteiger partial charge on any atom is -0.497 e. The molecule has 4 aromatic rings. The molecule has 0 fully saturated rings. The number of nitrogens with zero attached hydrogens (tertiary/aromatic N) is 3. The van der Waals surface area contributed by atoms with Crippen LogP contribution in [0.25, 0.3) is 22.8 Å². The number of carbonyl (C=O) groups is 1. The van der Waals surface area contributed by atoms with Gasteiger partial charge in [-0.1, -0.05) is 30.8 Å². The van der Waals surface area contributed by atoms with Crippen molar-refractivity contribution in [3.8, 4) is 28.6 Å². The first-order valence-corrected chi connectivity index (χ1v) is 11.1. The predicted molar refractivity (Wildman–Crippen MR) is 125 cm³/mol. The lowest BCUT2D eigenvalue weighted by molar-refractivity contribution is -0.113.